The van der Waals surface area contributed by atoms with Gasteiger partial charge in [0, 0.05) is 12.3 Å². The third-order valence-corrected chi connectivity index (χ3v) is 5.78. The van der Waals surface area contributed by atoms with E-state index in [0.717, 1.165) is 21.5 Å². The minimum atomic E-state index is 0.0900. The fourth-order valence-corrected chi connectivity index (χ4v) is 4.32. The summed E-state index contributed by atoms with van der Waals surface area (Å²) in [4.78, 5) is 18.3. The average Bonchev–Trinajstić information content (AvgIpc) is 2.51. The van der Waals surface area contributed by atoms with E-state index in [1.54, 1.807) is 11.8 Å². The molecule has 1 aromatic carbocycles. The maximum atomic E-state index is 12.8. The largest absolute Gasteiger partial charge is 0.286 e. The molecule has 0 bridgehead atoms. The molecule has 0 radical (unpaired) electrons. The van der Waals surface area contributed by atoms with E-state index >= 15 is 0 Å². The Bertz CT molecular complexity index is 782. The number of rotatable bonds is 6. The number of benzene rings is 1. The maximum absolute atomic E-state index is 12.8. The van der Waals surface area contributed by atoms with Gasteiger partial charge in [-0.2, -0.15) is 0 Å². The molecule has 1 aromatic heterocycles. The van der Waals surface area contributed by atoms with Crippen molar-refractivity contribution in [3.05, 3.63) is 50.9 Å². The van der Waals surface area contributed by atoms with Crippen LogP contribution in [0.2, 0.25) is 0 Å². The van der Waals surface area contributed by atoms with E-state index in [-0.39, 0.29) is 5.56 Å². The summed E-state index contributed by atoms with van der Waals surface area (Å²) in [6, 6.07) is 6.51. The van der Waals surface area contributed by atoms with Gasteiger partial charge in [-0.15, -0.1) is 11.8 Å². The van der Waals surface area contributed by atoms with Gasteiger partial charge in [0.25, 0.3) is 5.56 Å². The van der Waals surface area contributed by atoms with Crippen molar-refractivity contribution in [1.29, 1.82) is 0 Å². The fourth-order valence-electron chi connectivity index (χ4n) is 2.59. The molecule has 0 fully saturated rings. The van der Waals surface area contributed by atoms with Gasteiger partial charge in [0.15, 0.2) is 5.16 Å². The maximum Gasteiger partial charge on any atom is 0.268 e. The summed E-state index contributed by atoms with van der Waals surface area (Å²) < 4.78 is 1.85. The molecule has 2 aromatic rings. The van der Waals surface area contributed by atoms with Crippen molar-refractivity contribution in [2.75, 3.05) is 6.26 Å². The lowest BCUT2D eigenvalue weighted by Gasteiger charge is -2.16. The smallest absolute Gasteiger partial charge is 0.268 e. The number of thioether (sulfide) groups is 2. The molecule has 0 aliphatic heterocycles. The zero-order valence-electron chi connectivity index (χ0n) is 15.3. The number of aryl methyl sites for hydroxylation is 3. The molecule has 0 unspecified atom stereocenters. The molecule has 0 spiro atoms. The van der Waals surface area contributed by atoms with Crippen LogP contribution in [0.5, 0.6) is 0 Å². The number of nitrogens with zero attached hydrogens (tertiary/aromatic N) is 2. The van der Waals surface area contributed by atoms with Crippen LogP contribution in [-0.2, 0) is 12.3 Å². The Morgan fingerprint density at radius 2 is 1.92 bits per heavy atom. The van der Waals surface area contributed by atoms with Crippen molar-refractivity contribution in [3.63, 3.8) is 0 Å². The molecule has 1 heterocycles. The van der Waals surface area contributed by atoms with E-state index in [9.17, 15) is 4.79 Å². The lowest BCUT2D eigenvalue weighted by Crippen LogP contribution is -2.27. The molecule has 0 saturated heterocycles. The third-order valence-electron chi connectivity index (χ3n) is 3.88. The molecule has 0 aliphatic rings. The van der Waals surface area contributed by atoms with Gasteiger partial charge in [-0.05, 0) is 44.1 Å². The van der Waals surface area contributed by atoms with Gasteiger partial charge < -0.3 is 0 Å². The zero-order valence-corrected chi connectivity index (χ0v) is 17.0. The molecule has 3 nitrogen and oxygen atoms in total. The van der Waals surface area contributed by atoms with Gasteiger partial charge in [-0.3, -0.25) is 9.36 Å². The lowest BCUT2D eigenvalue weighted by molar-refractivity contribution is 0.462. The summed E-state index contributed by atoms with van der Waals surface area (Å²) in [6.07, 6.45) is 1.94. The van der Waals surface area contributed by atoms with Crippen molar-refractivity contribution in [2.45, 2.75) is 57.0 Å². The molecule has 0 amide bonds. The second-order valence-corrected chi connectivity index (χ2v) is 8.30. The Balaban J connectivity index is 2.38. The van der Waals surface area contributed by atoms with Gasteiger partial charge >= 0.3 is 0 Å². The van der Waals surface area contributed by atoms with E-state index < -0.39 is 0 Å². The molecule has 5 heteroatoms. The summed E-state index contributed by atoms with van der Waals surface area (Å²) in [6.45, 7) is 11.1. The van der Waals surface area contributed by atoms with Crippen molar-refractivity contribution in [3.8, 4) is 0 Å². The Kier molecular flexibility index (Phi) is 6.58. The highest BCUT2D eigenvalue weighted by Gasteiger charge is 2.15. The van der Waals surface area contributed by atoms with Crippen LogP contribution in [0.25, 0.3) is 0 Å². The Labute approximate surface area is 153 Å². The van der Waals surface area contributed by atoms with E-state index in [1.807, 2.05) is 17.7 Å². The second-order valence-electron chi connectivity index (χ2n) is 6.54. The fraction of sp³-hybridized carbons (Fsp3) is 0.474. The topological polar surface area (TPSA) is 34.9 Å². The summed E-state index contributed by atoms with van der Waals surface area (Å²) in [5.74, 6) is 1.23. The first-order valence-corrected chi connectivity index (χ1v) is 10.4. The van der Waals surface area contributed by atoms with Crippen LogP contribution in [0, 0.1) is 26.7 Å². The highest BCUT2D eigenvalue weighted by molar-refractivity contribution is 7.98. The van der Waals surface area contributed by atoms with E-state index in [2.05, 4.69) is 45.9 Å². The van der Waals surface area contributed by atoms with Crippen molar-refractivity contribution in [1.82, 2.24) is 9.55 Å². The normalized spacial score (nSPS) is 11.3. The lowest BCUT2D eigenvalue weighted by atomic mass is 10.1. The second kappa shape index (κ2) is 8.26. The van der Waals surface area contributed by atoms with Crippen LogP contribution in [0.4, 0.5) is 0 Å². The van der Waals surface area contributed by atoms with Gasteiger partial charge in [-0.1, -0.05) is 49.4 Å². The quantitative estimate of drug-likeness (QED) is 0.544. The molecule has 130 valence electrons. The Morgan fingerprint density at radius 3 is 2.54 bits per heavy atom. The van der Waals surface area contributed by atoms with Crippen LogP contribution in [0.15, 0.2) is 33.0 Å². The van der Waals surface area contributed by atoms with E-state index in [4.69, 9.17) is 4.98 Å². The molecular formula is C19H26N2OS2. The van der Waals surface area contributed by atoms with Crippen LogP contribution in [-0.4, -0.2) is 15.8 Å². The average molecular weight is 363 g/mol. The third kappa shape index (κ3) is 4.45. The zero-order chi connectivity index (χ0) is 17.9. The highest BCUT2D eigenvalue weighted by atomic mass is 32.2. The first kappa shape index (κ1) is 19.1. The van der Waals surface area contributed by atoms with Gasteiger partial charge in [0.05, 0.1) is 10.6 Å². The van der Waals surface area contributed by atoms with E-state index in [0.29, 0.717) is 12.5 Å². The SMILES string of the molecule is CSc1c(C)nc(SCc2cc(C)ccc2C)n(CC(C)C)c1=O. The Morgan fingerprint density at radius 1 is 1.21 bits per heavy atom. The molecule has 0 N–H and O–H groups in total. The molecule has 0 saturated carbocycles. The monoisotopic (exact) mass is 362 g/mol. The molecule has 0 aliphatic carbocycles. The number of aromatic nitrogens is 2. The summed E-state index contributed by atoms with van der Waals surface area (Å²) in [5.41, 5.74) is 4.76. The highest BCUT2D eigenvalue weighted by Crippen LogP contribution is 2.25. The van der Waals surface area contributed by atoms with Gasteiger partial charge in [-0.25, -0.2) is 4.98 Å². The van der Waals surface area contributed by atoms with Crippen molar-refractivity contribution < 1.29 is 0 Å². The predicted octanol–water partition coefficient (Wildman–Crippen LogP) is 4.84. The summed E-state index contributed by atoms with van der Waals surface area (Å²) in [7, 11) is 0. The molecule has 2 rings (SSSR count). The molecular weight excluding hydrogens is 336 g/mol. The minimum absolute atomic E-state index is 0.0900. The standard InChI is InChI=1S/C19H26N2OS2/c1-12(2)10-21-18(22)17(23-6)15(5)20-19(21)24-11-16-9-13(3)7-8-14(16)4/h7-9,12H,10-11H2,1-6H3. The first-order chi connectivity index (χ1) is 11.3. The van der Waals surface area contributed by atoms with Gasteiger partial charge in [0.2, 0.25) is 0 Å². The number of hydrogen-bond donors (Lipinski definition) is 0. The van der Waals surface area contributed by atoms with Crippen LogP contribution in [0.3, 0.4) is 0 Å². The van der Waals surface area contributed by atoms with Crippen LogP contribution >= 0.6 is 23.5 Å². The van der Waals surface area contributed by atoms with Gasteiger partial charge in [0.1, 0.15) is 0 Å². The summed E-state index contributed by atoms with van der Waals surface area (Å²) in [5, 5.41) is 0.824. The Hall–Kier alpha value is -1.20. The minimum Gasteiger partial charge on any atom is -0.286 e. The van der Waals surface area contributed by atoms with Crippen LogP contribution < -0.4 is 5.56 Å². The molecule has 24 heavy (non-hydrogen) atoms. The molecule has 0 atom stereocenters. The summed E-state index contributed by atoms with van der Waals surface area (Å²) >= 11 is 3.14. The van der Waals surface area contributed by atoms with Crippen molar-refractivity contribution >= 4 is 23.5 Å². The number of hydrogen-bond acceptors (Lipinski definition) is 4. The van der Waals surface area contributed by atoms with Crippen LogP contribution in [0.1, 0.15) is 36.2 Å². The first-order valence-electron chi connectivity index (χ1n) is 8.17. The van der Waals surface area contributed by atoms with E-state index in [1.165, 1.54) is 28.5 Å². The predicted molar refractivity (Wildman–Crippen MR) is 105 cm³/mol. The van der Waals surface area contributed by atoms with Crippen molar-refractivity contribution in [2.24, 2.45) is 5.92 Å².